The normalized spacial score (nSPS) is 51.9. The maximum atomic E-state index is 5.93. The predicted octanol–water partition coefficient (Wildman–Crippen LogP) is -0.722. The summed E-state index contributed by atoms with van der Waals surface area (Å²) in [4.78, 5) is 0. The second-order valence-electron chi connectivity index (χ2n) is 5.62. The minimum Gasteiger partial charge on any atom is -1.00 e. The molecule has 2 N–H and O–H groups in total. The van der Waals surface area contributed by atoms with Crippen LogP contribution in [-0.4, -0.2) is 6.54 Å². The van der Waals surface area contributed by atoms with Crippen molar-refractivity contribution >= 4 is 0 Å². The molecule has 2 heteroatoms. The first-order valence-corrected chi connectivity index (χ1v) is 5.50. The van der Waals surface area contributed by atoms with E-state index in [0.29, 0.717) is 5.41 Å². The van der Waals surface area contributed by atoms with Crippen LogP contribution in [0, 0.1) is 23.2 Å². The minimum absolute atomic E-state index is 0. The Labute approximate surface area is 92.7 Å². The quantitative estimate of drug-likeness (QED) is 0.649. The molecule has 0 unspecified atom stereocenters. The van der Waals surface area contributed by atoms with Crippen molar-refractivity contribution in [1.82, 2.24) is 0 Å². The lowest BCUT2D eigenvalue weighted by Crippen LogP contribution is -3.00. The van der Waals surface area contributed by atoms with Gasteiger partial charge in [-0.2, -0.15) is 0 Å². The van der Waals surface area contributed by atoms with Gasteiger partial charge in [-0.15, -0.1) is 0 Å². The van der Waals surface area contributed by atoms with Crippen LogP contribution in [0.1, 0.15) is 40.0 Å². The van der Waals surface area contributed by atoms with Crippen molar-refractivity contribution in [2.45, 2.75) is 38.5 Å². The average Bonchev–Trinajstić information content (AvgIpc) is 2.02. The van der Waals surface area contributed by atoms with Gasteiger partial charge >= 0.3 is 1.43 Å². The Kier molecular flexibility index (Phi) is 2.48. The Balaban J connectivity index is 0.000000490. The molecule has 4 aliphatic carbocycles. The van der Waals surface area contributed by atoms with Crippen LogP contribution in [0.5, 0.6) is 0 Å². The fraction of sp³-hybridized carbons (Fsp3) is 1.00. The van der Waals surface area contributed by atoms with E-state index in [9.17, 15) is 0 Å². The molecule has 4 rings (SSSR count). The summed E-state index contributed by atoms with van der Waals surface area (Å²) in [5.41, 5.74) is 6.55. The highest BCUT2D eigenvalue weighted by Gasteiger charge is 2.49. The first kappa shape index (κ1) is 9.97. The highest BCUT2D eigenvalue weighted by Crippen LogP contribution is 2.59. The Bertz CT molecular complexity index is 172. The van der Waals surface area contributed by atoms with Gasteiger partial charge in [0.05, 0.1) is 0 Å². The Morgan fingerprint density at radius 2 is 1.38 bits per heavy atom. The average molecular weight is 246 g/mol. The summed E-state index contributed by atoms with van der Waals surface area (Å²) in [5, 5.41) is 0. The molecule has 0 amide bonds. The van der Waals surface area contributed by atoms with E-state index >= 15 is 0 Å². The number of hydrogen-bond donors (Lipinski definition) is 1. The molecule has 1 nitrogen and oxygen atoms in total. The summed E-state index contributed by atoms with van der Waals surface area (Å²) < 4.78 is 0. The fourth-order valence-electron chi connectivity index (χ4n) is 4.54. The van der Waals surface area contributed by atoms with Gasteiger partial charge in [0.1, 0.15) is 0 Å². The maximum Gasteiger partial charge on any atom is 1.00 e. The van der Waals surface area contributed by atoms with Gasteiger partial charge in [0.25, 0.3) is 0 Å². The second kappa shape index (κ2) is 3.23. The van der Waals surface area contributed by atoms with E-state index in [2.05, 4.69) is 0 Å². The topological polar surface area (TPSA) is 26.0 Å². The molecule has 0 radical (unpaired) electrons. The highest BCUT2D eigenvalue weighted by molar-refractivity contribution is 5.01. The summed E-state index contributed by atoms with van der Waals surface area (Å²) in [6, 6.07) is 0. The van der Waals surface area contributed by atoms with Gasteiger partial charge in [-0.3, -0.25) is 0 Å². The summed E-state index contributed by atoms with van der Waals surface area (Å²) >= 11 is 0. The molecule has 0 spiro atoms. The lowest BCUT2D eigenvalue weighted by Gasteiger charge is -2.56. The molecule has 4 bridgehead atoms. The number of hydrogen-bond acceptors (Lipinski definition) is 1. The molecule has 0 saturated heterocycles. The van der Waals surface area contributed by atoms with E-state index < -0.39 is 0 Å². The van der Waals surface area contributed by atoms with Crippen molar-refractivity contribution in [3.8, 4) is 0 Å². The van der Waals surface area contributed by atoms with Crippen LogP contribution in [0.15, 0.2) is 0 Å². The highest BCUT2D eigenvalue weighted by atomic mass is 79.9. The Morgan fingerprint density at radius 1 is 1.00 bits per heavy atom. The van der Waals surface area contributed by atoms with Crippen molar-refractivity contribution in [2.24, 2.45) is 28.9 Å². The van der Waals surface area contributed by atoms with E-state index in [4.69, 9.17) is 5.73 Å². The maximum absolute atomic E-state index is 5.93. The predicted molar refractivity (Wildman–Crippen MR) is 50.8 cm³/mol. The molecule has 0 aromatic carbocycles. The molecule has 0 aromatic heterocycles. The van der Waals surface area contributed by atoms with Gasteiger partial charge < -0.3 is 22.7 Å². The third kappa shape index (κ3) is 1.46. The Hall–Kier alpha value is 0.440. The minimum atomic E-state index is 0. The SMILES string of the molecule is NCC12CC3CC(CC(C3)C1)C2.[Br-].[H+]. The zero-order chi connectivity index (χ0) is 8.18. The van der Waals surface area contributed by atoms with Gasteiger partial charge in [0.2, 0.25) is 0 Å². The Morgan fingerprint density at radius 3 is 1.69 bits per heavy atom. The first-order valence-electron chi connectivity index (χ1n) is 5.50. The fourth-order valence-corrected chi connectivity index (χ4v) is 4.54. The third-order valence-electron chi connectivity index (χ3n) is 4.60. The molecule has 4 aliphatic rings. The van der Waals surface area contributed by atoms with E-state index in [1.807, 2.05) is 0 Å². The van der Waals surface area contributed by atoms with Crippen LogP contribution >= 0.6 is 0 Å². The van der Waals surface area contributed by atoms with E-state index in [-0.39, 0.29) is 18.4 Å². The lowest BCUT2D eigenvalue weighted by atomic mass is 9.50. The van der Waals surface area contributed by atoms with Gasteiger partial charge in [-0.25, -0.2) is 0 Å². The van der Waals surface area contributed by atoms with Gasteiger partial charge in [-0.1, -0.05) is 0 Å². The molecule has 0 aromatic rings. The van der Waals surface area contributed by atoms with Crippen molar-refractivity contribution < 1.29 is 18.4 Å². The van der Waals surface area contributed by atoms with Gasteiger partial charge in [0, 0.05) is 0 Å². The third-order valence-corrected chi connectivity index (χ3v) is 4.60. The summed E-state index contributed by atoms with van der Waals surface area (Å²) in [6.07, 6.45) is 9.03. The molecule has 0 heterocycles. The number of halogens is 1. The van der Waals surface area contributed by atoms with Crippen molar-refractivity contribution in [3.63, 3.8) is 0 Å². The molecular weight excluding hydrogens is 226 g/mol. The standard InChI is InChI=1S/C11H19N.BrH/c12-7-11-4-8-1-9(5-11)3-10(2-8)6-11;/h8-10H,1-7,12H2;1H. The first-order chi connectivity index (χ1) is 5.80. The molecule has 4 saturated carbocycles. The van der Waals surface area contributed by atoms with Crippen LogP contribution in [0.4, 0.5) is 0 Å². The van der Waals surface area contributed by atoms with Crippen LogP contribution in [0.25, 0.3) is 0 Å². The molecule has 76 valence electrons. The zero-order valence-corrected chi connectivity index (χ0v) is 9.72. The molecule has 13 heavy (non-hydrogen) atoms. The molecule has 4 fully saturated rings. The lowest BCUT2D eigenvalue weighted by molar-refractivity contribution is -0.0468. The molecular formula is C11H20BrN. The molecule has 0 atom stereocenters. The van der Waals surface area contributed by atoms with Gasteiger partial charge in [-0.05, 0) is 68.2 Å². The van der Waals surface area contributed by atoms with Crippen molar-refractivity contribution in [1.29, 1.82) is 0 Å². The van der Waals surface area contributed by atoms with Crippen molar-refractivity contribution in [2.75, 3.05) is 6.54 Å². The monoisotopic (exact) mass is 245 g/mol. The van der Waals surface area contributed by atoms with E-state index in [1.165, 1.54) is 38.5 Å². The number of nitrogens with two attached hydrogens (primary N) is 1. The van der Waals surface area contributed by atoms with Crippen LogP contribution < -0.4 is 22.7 Å². The summed E-state index contributed by atoms with van der Waals surface area (Å²) in [7, 11) is 0. The number of rotatable bonds is 1. The zero-order valence-electron chi connectivity index (χ0n) is 9.14. The van der Waals surface area contributed by atoms with Crippen LogP contribution in [0.3, 0.4) is 0 Å². The van der Waals surface area contributed by atoms with E-state index in [1.54, 1.807) is 0 Å². The van der Waals surface area contributed by atoms with E-state index in [0.717, 1.165) is 24.3 Å². The van der Waals surface area contributed by atoms with Crippen molar-refractivity contribution in [3.05, 3.63) is 0 Å². The largest absolute Gasteiger partial charge is 1.00 e. The molecule has 0 aliphatic heterocycles. The van der Waals surface area contributed by atoms with Crippen LogP contribution in [0.2, 0.25) is 0 Å². The second-order valence-corrected chi connectivity index (χ2v) is 5.62. The van der Waals surface area contributed by atoms with Gasteiger partial charge in [0.15, 0.2) is 0 Å². The summed E-state index contributed by atoms with van der Waals surface area (Å²) in [6.45, 7) is 0.969. The smallest absolute Gasteiger partial charge is 1.00 e. The van der Waals surface area contributed by atoms with Crippen LogP contribution in [-0.2, 0) is 0 Å². The summed E-state index contributed by atoms with van der Waals surface area (Å²) in [5.74, 6) is 3.21.